The summed E-state index contributed by atoms with van der Waals surface area (Å²) in [5, 5.41) is 0. The fraction of sp³-hybridized carbons (Fsp3) is 0.500. The highest BCUT2D eigenvalue weighted by Crippen LogP contribution is 2.18. The lowest BCUT2D eigenvalue weighted by Gasteiger charge is -2.14. The molecule has 0 aliphatic heterocycles. The van der Waals surface area contributed by atoms with Gasteiger partial charge in [-0.05, 0) is 19.9 Å². The maximum Gasteiger partial charge on any atom is 0.338 e. The highest BCUT2D eigenvalue weighted by molar-refractivity contribution is 5.90. The van der Waals surface area contributed by atoms with Crippen molar-refractivity contribution >= 4 is 11.8 Å². The molecule has 1 heterocycles. The molecule has 5 heteroatoms. The van der Waals surface area contributed by atoms with Gasteiger partial charge in [-0.2, -0.15) is 4.98 Å². The van der Waals surface area contributed by atoms with Gasteiger partial charge in [0.2, 0.25) is 5.88 Å². The Bertz CT molecular complexity index is 391. The minimum atomic E-state index is -0.362. The summed E-state index contributed by atoms with van der Waals surface area (Å²) in [6.45, 7) is 4.50. The van der Waals surface area contributed by atoms with Crippen LogP contribution in [0, 0.1) is 0 Å². The first-order valence-electron chi connectivity index (χ1n) is 5.57. The Balaban J connectivity index is 3.07. The van der Waals surface area contributed by atoms with Crippen molar-refractivity contribution in [3.8, 4) is 5.88 Å². The van der Waals surface area contributed by atoms with Crippen molar-refractivity contribution in [3.63, 3.8) is 0 Å². The number of ether oxygens (including phenoxy) is 2. The summed E-state index contributed by atoms with van der Waals surface area (Å²) < 4.78 is 10.3. The van der Waals surface area contributed by atoms with E-state index >= 15 is 0 Å². The number of nitrogens with zero attached hydrogens (tertiary/aromatic N) is 2. The van der Waals surface area contributed by atoms with E-state index < -0.39 is 0 Å². The fourth-order valence-electron chi connectivity index (χ4n) is 1.27. The standard InChI is InChI=1S/C12H18N2O3/c1-5-16-11-8-9(12(15)17-6-2)7-10(13-11)14(3)4/h7-8H,5-6H2,1-4H3. The molecule has 94 valence electrons. The van der Waals surface area contributed by atoms with Crippen molar-refractivity contribution in [1.82, 2.24) is 4.98 Å². The Morgan fingerprint density at radius 3 is 2.53 bits per heavy atom. The second-order valence-corrected chi connectivity index (χ2v) is 3.60. The van der Waals surface area contributed by atoms with Crippen LogP contribution in [0.25, 0.3) is 0 Å². The Kier molecular flexibility index (Phi) is 4.75. The van der Waals surface area contributed by atoms with E-state index in [1.165, 1.54) is 0 Å². The molecule has 0 saturated heterocycles. The molecule has 0 bridgehead atoms. The lowest BCUT2D eigenvalue weighted by atomic mass is 10.2. The van der Waals surface area contributed by atoms with E-state index in [-0.39, 0.29) is 5.97 Å². The molecule has 0 spiro atoms. The molecule has 0 fully saturated rings. The summed E-state index contributed by atoms with van der Waals surface area (Å²) in [6.07, 6.45) is 0. The first-order valence-corrected chi connectivity index (χ1v) is 5.57. The van der Waals surface area contributed by atoms with Crippen LogP contribution >= 0.6 is 0 Å². The highest BCUT2D eigenvalue weighted by Gasteiger charge is 2.12. The van der Waals surface area contributed by atoms with Gasteiger partial charge in [0, 0.05) is 20.2 Å². The first kappa shape index (κ1) is 13.3. The van der Waals surface area contributed by atoms with Gasteiger partial charge in [-0.25, -0.2) is 4.79 Å². The van der Waals surface area contributed by atoms with Crippen molar-refractivity contribution in [1.29, 1.82) is 0 Å². The van der Waals surface area contributed by atoms with Crippen molar-refractivity contribution in [2.24, 2.45) is 0 Å². The summed E-state index contributed by atoms with van der Waals surface area (Å²) >= 11 is 0. The monoisotopic (exact) mass is 238 g/mol. The molecule has 0 atom stereocenters. The average Bonchev–Trinajstić information content (AvgIpc) is 2.29. The molecule has 1 aromatic heterocycles. The number of hydrogen-bond donors (Lipinski definition) is 0. The van der Waals surface area contributed by atoms with E-state index in [1.54, 1.807) is 19.1 Å². The minimum Gasteiger partial charge on any atom is -0.478 e. The zero-order valence-electron chi connectivity index (χ0n) is 10.7. The van der Waals surface area contributed by atoms with Crippen molar-refractivity contribution in [3.05, 3.63) is 17.7 Å². The predicted molar refractivity (Wildman–Crippen MR) is 65.7 cm³/mol. The molecule has 5 nitrogen and oxygen atoms in total. The summed E-state index contributed by atoms with van der Waals surface area (Å²) in [5.74, 6) is 0.736. The Labute approximate surface area is 101 Å². The van der Waals surface area contributed by atoms with Gasteiger partial charge in [-0.1, -0.05) is 0 Å². The second-order valence-electron chi connectivity index (χ2n) is 3.60. The van der Waals surface area contributed by atoms with Gasteiger partial charge in [0.25, 0.3) is 0 Å². The predicted octanol–water partition coefficient (Wildman–Crippen LogP) is 1.72. The van der Waals surface area contributed by atoms with E-state index in [2.05, 4.69) is 4.98 Å². The molecule has 0 saturated carbocycles. The Morgan fingerprint density at radius 2 is 2.00 bits per heavy atom. The number of esters is 1. The van der Waals surface area contributed by atoms with E-state index in [4.69, 9.17) is 9.47 Å². The largest absolute Gasteiger partial charge is 0.478 e. The molecule has 0 aliphatic carbocycles. The third-order valence-corrected chi connectivity index (χ3v) is 2.05. The van der Waals surface area contributed by atoms with Crippen LogP contribution in [0.4, 0.5) is 5.82 Å². The maximum absolute atomic E-state index is 11.7. The van der Waals surface area contributed by atoms with E-state index in [0.29, 0.717) is 30.5 Å². The van der Waals surface area contributed by atoms with Gasteiger partial charge in [0.1, 0.15) is 5.82 Å². The topological polar surface area (TPSA) is 51.7 Å². The Morgan fingerprint density at radius 1 is 1.29 bits per heavy atom. The highest BCUT2D eigenvalue weighted by atomic mass is 16.5. The third kappa shape index (κ3) is 3.62. The van der Waals surface area contributed by atoms with Gasteiger partial charge >= 0.3 is 5.97 Å². The van der Waals surface area contributed by atoms with Crippen LogP contribution < -0.4 is 9.64 Å². The number of pyridine rings is 1. The molecule has 0 N–H and O–H groups in total. The van der Waals surface area contributed by atoms with Crippen LogP contribution in [-0.2, 0) is 4.74 Å². The summed E-state index contributed by atoms with van der Waals surface area (Å²) in [6, 6.07) is 3.27. The van der Waals surface area contributed by atoms with Gasteiger partial charge < -0.3 is 14.4 Å². The van der Waals surface area contributed by atoms with Crippen LogP contribution in [0.3, 0.4) is 0 Å². The molecule has 1 aromatic rings. The molecular formula is C12H18N2O3. The number of hydrogen-bond acceptors (Lipinski definition) is 5. The van der Waals surface area contributed by atoms with Gasteiger partial charge in [0.15, 0.2) is 0 Å². The lowest BCUT2D eigenvalue weighted by molar-refractivity contribution is 0.0525. The van der Waals surface area contributed by atoms with Crippen LogP contribution in [0.2, 0.25) is 0 Å². The minimum absolute atomic E-state index is 0.350. The third-order valence-electron chi connectivity index (χ3n) is 2.05. The molecular weight excluding hydrogens is 220 g/mol. The Hall–Kier alpha value is -1.78. The van der Waals surface area contributed by atoms with Crippen LogP contribution in [0.15, 0.2) is 12.1 Å². The average molecular weight is 238 g/mol. The second kappa shape index (κ2) is 6.08. The van der Waals surface area contributed by atoms with Crippen LogP contribution in [0.1, 0.15) is 24.2 Å². The van der Waals surface area contributed by atoms with Crippen molar-refractivity contribution < 1.29 is 14.3 Å². The van der Waals surface area contributed by atoms with E-state index in [1.807, 2.05) is 25.9 Å². The number of carbonyl (C=O) groups excluding carboxylic acids is 1. The normalized spacial score (nSPS) is 9.88. The summed E-state index contributed by atoms with van der Waals surface area (Å²) in [7, 11) is 3.71. The number of rotatable bonds is 5. The first-order chi connectivity index (χ1) is 8.08. The van der Waals surface area contributed by atoms with Gasteiger partial charge in [-0.3, -0.25) is 0 Å². The number of anilines is 1. The summed E-state index contributed by atoms with van der Waals surface area (Å²) in [4.78, 5) is 17.7. The number of aromatic nitrogens is 1. The van der Waals surface area contributed by atoms with E-state index in [9.17, 15) is 4.79 Å². The molecule has 17 heavy (non-hydrogen) atoms. The van der Waals surface area contributed by atoms with Crippen LogP contribution in [0.5, 0.6) is 5.88 Å². The van der Waals surface area contributed by atoms with Gasteiger partial charge in [-0.15, -0.1) is 0 Å². The molecule has 0 unspecified atom stereocenters. The zero-order chi connectivity index (χ0) is 12.8. The van der Waals surface area contributed by atoms with Crippen LogP contribution in [-0.4, -0.2) is 38.3 Å². The molecule has 0 aromatic carbocycles. The molecule has 0 aliphatic rings. The van der Waals surface area contributed by atoms with Gasteiger partial charge in [0.05, 0.1) is 18.8 Å². The molecule has 1 rings (SSSR count). The fourth-order valence-corrected chi connectivity index (χ4v) is 1.27. The molecule has 0 amide bonds. The SMILES string of the molecule is CCOC(=O)c1cc(OCC)nc(N(C)C)c1. The number of carbonyl (C=O) groups is 1. The maximum atomic E-state index is 11.7. The quantitative estimate of drug-likeness (QED) is 0.731. The summed E-state index contributed by atoms with van der Waals surface area (Å²) in [5.41, 5.74) is 0.453. The molecule has 0 radical (unpaired) electrons. The van der Waals surface area contributed by atoms with Crippen molar-refractivity contribution in [2.45, 2.75) is 13.8 Å². The lowest BCUT2D eigenvalue weighted by Crippen LogP contribution is -2.14. The zero-order valence-corrected chi connectivity index (χ0v) is 10.7. The smallest absolute Gasteiger partial charge is 0.338 e. The van der Waals surface area contributed by atoms with E-state index in [0.717, 1.165) is 0 Å². The van der Waals surface area contributed by atoms with Crippen molar-refractivity contribution in [2.75, 3.05) is 32.2 Å².